The molecule has 2 fully saturated rings. The van der Waals surface area contributed by atoms with Crippen LogP contribution in [0, 0.1) is 11.3 Å². The fourth-order valence-corrected chi connectivity index (χ4v) is 7.32. The highest BCUT2D eigenvalue weighted by atomic mass is 16.5. The van der Waals surface area contributed by atoms with Crippen molar-refractivity contribution >= 4 is 11.7 Å². The van der Waals surface area contributed by atoms with Crippen molar-refractivity contribution in [2.75, 3.05) is 57.9 Å². The van der Waals surface area contributed by atoms with Crippen molar-refractivity contribution in [3.05, 3.63) is 59.3 Å². The number of ether oxygens (including phenoxy) is 2. The molecule has 1 spiro atoms. The molecular formula is C32H40N6O3. The van der Waals surface area contributed by atoms with Gasteiger partial charge < -0.3 is 24.2 Å². The number of anilines is 1. The molecule has 9 heteroatoms. The summed E-state index contributed by atoms with van der Waals surface area (Å²) in [5.41, 5.74) is 5.27. The zero-order valence-corrected chi connectivity index (χ0v) is 24.1. The Morgan fingerprint density at radius 1 is 1.22 bits per heavy atom. The molecular weight excluding hydrogens is 516 g/mol. The lowest BCUT2D eigenvalue weighted by molar-refractivity contribution is -0.128. The summed E-state index contributed by atoms with van der Waals surface area (Å²) < 4.78 is 12.2. The molecule has 1 aromatic heterocycles. The first-order valence-electron chi connectivity index (χ1n) is 15.0. The van der Waals surface area contributed by atoms with Gasteiger partial charge in [-0.25, -0.2) is 0 Å². The highest BCUT2D eigenvalue weighted by Gasteiger charge is 2.42. The van der Waals surface area contributed by atoms with Gasteiger partial charge in [-0.05, 0) is 62.8 Å². The van der Waals surface area contributed by atoms with Crippen LogP contribution < -0.4 is 9.64 Å². The van der Waals surface area contributed by atoms with Crippen LogP contribution in [0.2, 0.25) is 0 Å². The number of hydrogen-bond donors (Lipinski definition) is 0. The van der Waals surface area contributed by atoms with Gasteiger partial charge in [0.1, 0.15) is 18.5 Å². The summed E-state index contributed by atoms with van der Waals surface area (Å²) in [4.78, 5) is 28.8. The number of fused-ring (bicyclic) bond motifs is 3. The number of hydrogen-bond acceptors (Lipinski definition) is 8. The van der Waals surface area contributed by atoms with Gasteiger partial charge in [0.25, 0.3) is 0 Å². The normalized spacial score (nSPS) is 26.1. The molecule has 4 aliphatic rings. The third-order valence-corrected chi connectivity index (χ3v) is 9.41. The van der Waals surface area contributed by atoms with E-state index in [9.17, 15) is 10.1 Å². The number of carbonyl (C=O) groups is 1. The maximum absolute atomic E-state index is 12.5. The number of rotatable bonds is 6. The lowest BCUT2D eigenvalue weighted by Crippen LogP contribution is -2.55. The van der Waals surface area contributed by atoms with Crippen molar-refractivity contribution in [1.82, 2.24) is 19.8 Å². The van der Waals surface area contributed by atoms with E-state index in [1.165, 1.54) is 29.2 Å². The van der Waals surface area contributed by atoms with E-state index in [0.717, 1.165) is 56.7 Å². The lowest BCUT2D eigenvalue weighted by atomic mass is 9.62. The first kappa shape index (κ1) is 27.7. The van der Waals surface area contributed by atoms with Crippen LogP contribution in [-0.2, 0) is 34.2 Å². The molecule has 0 N–H and O–H groups in total. The van der Waals surface area contributed by atoms with E-state index in [-0.39, 0.29) is 29.9 Å². The number of amides is 1. The molecule has 3 atom stereocenters. The second kappa shape index (κ2) is 11.8. The molecule has 0 bridgehead atoms. The second-order valence-corrected chi connectivity index (χ2v) is 12.0. The summed E-state index contributed by atoms with van der Waals surface area (Å²) in [6.07, 6.45) is 7.88. The minimum atomic E-state index is -0.222. The number of aryl methyl sites for hydroxylation is 1. The van der Waals surface area contributed by atoms with E-state index in [1.54, 1.807) is 4.90 Å². The van der Waals surface area contributed by atoms with E-state index < -0.39 is 0 Å². The fraction of sp³-hybridized carbons (Fsp3) is 0.562. The minimum absolute atomic E-state index is 0.0261. The van der Waals surface area contributed by atoms with Gasteiger partial charge >= 0.3 is 6.01 Å². The van der Waals surface area contributed by atoms with Crippen molar-refractivity contribution in [3.63, 3.8) is 0 Å². The lowest BCUT2D eigenvalue weighted by Gasteiger charge is -2.44. The van der Waals surface area contributed by atoms with Gasteiger partial charge in [0, 0.05) is 43.7 Å². The smallest absolute Gasteiger partial charge is 0.318 e. The summed E-state index contributed by atoms with van der Waals surface area (Å²) in [6.45, 7) is 8.18. The minimum Gasteiger partial charge on any atom is -0.461 e. The molecule has 41 heavy (non-hydrogen) atoms. The molecule has 6 rings (SSSR count). The van der Waals surface area contributed by atoms with Crippen LogP contribution in [0.5, 0.6) is 6.01 Å². The molecule has 1 unspecified atom stereocenters. The molecule has 1 amide bonds. The van der Waals surface area contributed by atoms with E-state index in [4.69, 9.17) is 19.4 Å². The fourth-order valence-electron chi connectivity index (χ4n) is 7.32. The Morgan fingerprint density at radius 2 is 2.10 bits per heavy atom. The maximum atomic E-state index is 12.5. The van der Waals surface area contributed by atoms with E-state index in [0.29, 0.717) is 38.9 Å². The van der Waals surface area contributed by atoms with E-state index in [1.807, 2.05) is 0 Å². The zero-order chi connectivity index (χ0) is 28.4. The topological polar surface area (TPSA) is 94.8 Å². The monoisotopic (exact) mass is 556 g/mol. The Labute approximate surface area is 242 Å². The number of piperazine rings is 1. The van der Waals surface area contributed by atoms with Crippen LogP contribution in [0.15, 0.2) is 36.9 Å². The quantitative estimate of drug-likeness (QED) is 0.501. The molecule has 0 radical (unpaired) electrons. The largest absolute Gasteiger partial charge is 0.461 e. The molecule has 9 nitrogen and oxygen atoms in total. The summed E-state index contributed by atoms with van der Waals surface area (Å²) in [6, 6.07) is 11.4. The summed E-state index contributed by atoms with van der Waals surface area (Å²) in [7, 11) is 2.10. The van der Waals surface area contributed by atoms with Crippen LogP contribution in [0.25, 0.3) is 0 Å². The van der Waals surface area contributed by atoms with Gasteiger partial charge in [0.15, 0.2) is 0 Å². The Kier molecular flexibility index (Phi) is 7.96. The maximum Gasteiger partial charge on any atom is 0.318 e. The van der Waals surface area contributed by atoms with Crippen molar-refractivity contribution in [1.29, 1.82) is 5.26 Å². The van der Waals surface area contributed by atoms with Gasteiger partial charge in [-0.1, -0.05) is 30.8 Å². The predicted octanol–water partition coefficient (Wildman–Crippen LogP) is 3.07. The highest BCUT2D eigenvalue weighted by molar-refractivity contribution is 5.87. The Morgan fingerprint density at radius 3 is 2.93 bits per heavy atom. The number of nitrogens with zero attached hydrogens (tertiary/aromatic N) is 6. The molecule has 0 saturated carbocycles. The molecule has 2 saturated heterocycles. The Bertz CT molecular complexity index is 1340. The van der Waals surface area contributed by atoms with Crippen molar-refractivity contribution < 1.29 is 14.3 Å². The van der Waals surface area contributed by atoms with Crippen molar-refractivity contribution in [2.24, 2.45) is 0 Å². The molecule has 216 valence electrons. The summed E-state index contributed by atoms with van der Waals surface area (Å²) >= 11 is 0. The molecule has 2 aliphatic heterocycles. The van der Waals surface area contributed by atoms with Crippen LogP contribution in [0.1, 0.15) is 48.1 Å². The molecule has 2 aliphatic carbocycles. The Hall–Kier alpha value is -3.48. The number of likely N-dealkylation sites (N-methyl/N-ethyl adjacent to an activating group) is 1. The van der Waals surface area contributed by atoms with Crippen molar-refractivity contribution in [3.8, 4) is 12.1 Å². The first-order chi connectivity index (χ1) is 20.0. The third kappa shape index (κ3) is 5.55. The average Bonchev–Trinajstić information content (AvgIpc) is 2.99. The molecule has 1 aromatic carbocycles. The standard InChI is InChI=1S/C32H40N6O3/c1-3-29(39)38-16-15-37(20-24(38)11-14-33)30-26-10-13-32(12-6-8-23-7-4-5-9-27(23)32)19-28(26)34-31(35-30)41-22-25-21-36(2)17-18-40-25/h3-5,7,9,24-25H,1,6,8,10-13,15-22H2,2H3/t24-,25-,32?/m0/s1. The SMILES string of the molecule is C=CC(=O)N1CCN(c2nc(OC[C@@H]3CN(C)CCO3)nc3c2CCC2(CCCc4ccccc42)C3)C[C@@H]1CC#N. The number of morpholine rings is 1. The van der Waals surface area contributed by atoms with Gasteiger partial charge in [-0.15, -0.1) is 0 Å². The summed E-state index contributed by atoms with van der Waals surface area (Å²) in [5, 5.41) is 9.52. The second-order valence-electron chi connectivity index (χ2n) is 12.0. The van der Waals surface area contributed by atoms with Crippen LogP contribution in [0.3, 0.4) is 0 Å². The van der Waals surface area contributed by atoms with Crippen LogP contribution in [0.4, 0.5) is 5.82 Å². The zero-order valence-electron chi connectivity index (χ0n) is 24.1. The number of aromatic nitrogens is 2. The van der Waals surface area contributed by atoms with Gasteiger partial charge in [-0.2, -0.15) is 15.2 Å². The van der Waals surface area contributed by atoms with Crippen molar-refractivity contribution in [2.45, 2.75) is 62.5 Å². The van der Waals surface area contributed by atoms with E-state index in [2.05, 4.69) is 53.8 Å². The molecule has 3 heterocycles. The predicted molar refractivity (Wildman–Crippen MR) is 156 cm³/mol. The third-order valence-electron chi connectivity index (χ3n) is 9.41. The van der Waals surface area contributed by atoms with Gasteiger partial charge in [-0.3, -0.25) is 4.79 Å². The van der Waals surface area contributed by atoms with Gasteiger partial charge in [0.05, 0.1) is 30.8 Å². The van der Waals surface area contributed by atoms with E-state index >= 15 is 0 Å². The summed E-state index contributed by atoms with van der Waals surface area (Å²) in [5.74, 6) is 0.758. The number of nitriles is 1. The number of carbonyl (C=O) groups excluding carboxylic acids is 1. The van der Waals surface area contributed by atoms with Gasteiger partial charge in [0.2, 0.25) is 5.91 Å². The number of benzene rings is 1. The average molecular weight is 557 g/mol. The van der Waals surface area contributed by atoms with Crippen LogP contribution in [-0.4, -0.2) is 90.8 Å². The first-order valence-corrected chi connectivity index (χ1v) is 15.0. The van der Waals surface area contributed by atoms with Crippen LogP contribution >= 0.6 is 0 Å². The Balaban J connectivity index is 1.33. The molecule has 2 aromatic rings. The highest BCUT2D eigenvalue weighted by Crippen LogP contribution is 2.47.